The fourth-order valence-electron chi connectivity index (χ4n) is 2.14. The quantitative estimate of drug-likeness (QED) is 0.725. The lowest BCUT2D eigenvalue weighted by molar-refractivity contribution is 0.112. The van der Waals surface area contributed by atoms with Crippen LogP contribution in [0, 0.1) is 6.92 Å². The molecule has 0 amide bonds. The highest BCUT2D eigenvalue weighted by molar-refractivity contribution is 5.80. The first kappa shape index (κ1) is 10.2. The molecule has 0 radical (unpaired) electrons. The molecule has 0 saturated carbocycles. The molecule has 1 aromatic carbocycles. The number of carbonyl (C=O) groups is 1. The van der Waals surface area contributed by atoms with E-state index in [-0.39, 0.29) is 11.8 Å². The van der Waals surface area contributed by atoms with Crippen molar-refractivity contribution in [1.82, 2.24) is 5.32 Å². The monoisotopic (exact) mass is 205 g/mol. The largest absolute Gasteiger partial charge is 0.507 e. The summed E-state index contributed by atoms with van der Waals surface area (Å²) in [6, 6.07) is 3.86. The molecule has 1 saturated heterocycles. The lowest BCUT2D eigenvalue weighted by atomic mass is 9.98. The Hall–Kier alpha value is -1.35. The maximum Gasteiger partial charge on any atom is 0.153 e. The van der Waals surface area contributed by atoms with Crippen LogP contribution in [0.2, 0.25) is 0 Å². The molecule has 80 valence electrons. The molecule has 1 aliphatic heterocycles. The molecule has 1 heterocycles. The summed E-state index contributed by atoms with van der Waals surface area (Å²) < 4.78 is 0. The molecule has 1 fully saturated rings. The highest BCUT2D eigenvalue weighted by Gasteiger charge is 2.21. The predicted molar refractivity (Wildman–Crippen MR) is 58.2 cm³/mol. The molecule has 0 aliphatic carbocycles. The number of phenolic OH excluding ortho intramolecular Hbond substituents is 1. The maximum absolute atomic E-state index is 10.8. The van der Waals surface area contributed by atoms with Crippen molar-refractivity contribution in [3.05, 3.63) is 28.8 Å². The lowest BCUT2D eigenvalue weighted by Crippen LogP contribution is -2.13. The Kier molecular flexibility index (Phi) is 2.73. The minimum atomic E-state index is 0.134. The predicted octanol–water partition coefficient (Wildman–Crippen LogP) is 1.94. The molecule has 15 heavy (non-hydrogen) atoms. The zero-order valence-corrected chi connectivity index (χ0v) is 8.79. The van der Waals surface area contributed by atoms with E-state index < -0.39 is 0 Å². The standard InChI is InChI=1S/C12H15NO2/c1-8-5-9(7-14)12(15)10(6-8)11-3-2-4-13-11/h5-7,11,13,15H,2-4H2,1H3/t11-/m1/s1. The molecule has 2 rings (SSSR count). The summed E-state index contributed by atoms with van der Waals surface area (Å²) in [5.74, 6) is 0.134. The molecule has 1 atom stereocenters. The van der Waals surface area contributed by atoms with Gasteiger partial charge in [0.2, 0.25) is 0 Å². The molecule has 0 bridgehead atoms. The Bertz CT molecular complexity index is 381. The molecular formula is C12H15NO2. The van der Waals surface area contributed by atoms with Crippen LogP contribution in [0.5, 0.6) is 5.75 Å². The van der Waals surface area contributed by atoms with Crippen LogP contribution in [-0.4, -0.2) is 17.9 Å². The number of aldehydes is 1. The third-order valence-electron chi connectivity index (χ3n) is 2.88. The number of rotatable bonds is 2. The molecule has 1 aliphatic rings. The van der Waals surface area contributed by atoms with Crippen LogP contribution in [-0.2, 0) is 0 Å². The second-order valence-electron chi connectivity index (χ2n) is 4.06. The van der Waals surface area contributed by atoms with Gasteiger partial charge in [-0.3, -0.25) is 4.79 Å². The van der Waals surface area contributed by atoms with Gasteiger partial charge < -0.3 is 10.4 Å². The van der Waals surface area contributed by atoms with Crippen LogP contribution in [0.1, 0.15) is 40.4 Å². The number of aryl methyl sites for hydroxylation is 1. The van der Waals surface area contributed by atoms with Gasteiger partial charge in [0.15, 0.2) is 6.29 Å². The van der Waals surface area contributed by atoms with Gasteiger partial charge in [0, 0.05) is 11.6 Å². The van der Waals surface area contributed by atoms with E-state index in [0.717, 1.165) is 30.5 Å². The average Bonchev–Trinajstić information content (AvgIpc) is 2.74. The number of aromatic hydroxyl groups is 1. The fraction of sp³-hybridized carbons (Fsp3) is 0.417. The van der Waals surface area contributed by atoms with Crippen molar-refractivity contribution in [3.8, 4) is 5.75 Å². The molecular weight excluding hydrogens is 190 g/mol. The van der Waals surface area contributed by atoms with Gasteiger partial charge in [-0.2, -0.15) is 0 Å². The van der Waals surface area contributed by atoms with Gasteiger partial charge in [-0.1, -0.05) is 6.07 Å². The Balaban J connectivity index is 2.44. The van der Waals surface area contributed by atoms with Crippen LogP contribution in [0.15, 0.2) is 12.1 Å². The molecule has 1 aromatic rings. The summed E-state index contributed by atoms with van der Waals surface area (Å²) in [5.41, 5.74) is 2.26. The van der Waals surface area contributed by atoms with Crippen LogP contribution < -0.4 is 5.32 Å². The summed E-state index contributed by atoms with van der Waals surface area (Å²) >= 11 is 0. The van der Waals surface area contributed by atoms with Crippen molar-refractivity contribution in [2.75, 3.05) is 6.54 Å². The molecule has 3 nitrogen and oxygen atoms in total. The van der Waals surface area contributed by atoms with E-state index in [1.165, 1.54) is 0 Å². The third kappa shape index (κ3) is 1.88. The minimum absolute atomic E-state index is 0.134. The Morgan fingerprint density at radius 2 is 2.33 bits per heavy atom. The first-order valence-electron chi connectivity index (χ1n) is 5.24. The van der Waals surface area contributed by atoms with Crippen molar-refractivity contribution in [2.45, 2.75) is 25.8 Å². The molecule has 0 aromatic heterocycles. The van der Waals surface area contributed by atoms with Crippen molar-refractivity contribution in [2.24, 2.45) is 0 Å². The highest BCUT2D eigenvalue weighted by atomic mass is 16.3. The van der Waals surface area contributed by atoms with E-state index in [9.17, 15) is 9.90 Å². The van der Waals surface area contributed by atoms with Crippen LogP contribution >= 0.6 is 0 Å². The minimum Gasteiger partial charge on any atom is -0.507 e. The summed E-state index contributed by atoms with van der Waals surface area (Å²) in [5, 5.41) is 13.2. The Morgan fingerprint density at radius 3 is 2.93 bits per heavy atom. The van der Waals surface area contributed by atoms with Crippen LogP contribution in [0.3, 0.4) is 0 Å². The van der Waals surface area contributed by atoms with Gasteiger partial charge in [0.25, 0.3) is 0 Å². The third-order valence-corrected chi connectivity index (χ3v) is 2.88. The number of hydrogen-bond donors (Lipinski definition) is 2. The smallest absolute Gasteiger partial charge is 0.153 e. The van der Waals surface area contributed by atoms with Gasteiger partial charge in [0.05, 0.1) is 5.56 Å². The fourth-order valence-corrected chi connectivity index (χ4v) is 2.14. The number of carbonyl (C=O) groups excluding carboxylic acids is 1. The lowest BCUT2D eigenvalue weighted by Gasteiger charge is -2.14. The second kappa shape index (κ2) is 4.03. The SMILES string of the molecule is Cc1cc(C=O)c(O)c([C@H]2CCCN2)c1. The molecule has 0 spiro atoms. The zero-order chi connectivity index (χ0) is 10.8. The summed E-state index contributed by atoms with van der Waals surface area (Å²) in [7, 11) is 0. The Labute approximate surface area is 89.1 Å². The van der Waals surface area contributed by atoms with Gasteiger partial charge in [-0.15, -0.1) is 0 Å². The molecule has 3 heteroatoms. The number of nitrogens with one attached hydrogen (secondary N) is 1. The van der Waals surface area contributed by atoms with Gasteiger partial charge >= 0.3 is 0 Å². The van der Waals surface area contributed by atoms with E-state index in [0.29, 0.717) is 11.8 Å². The highest BCUT2D eigenvalue weighted by Crippen LogP contribution is 2.33. The van der Waals surface area contributed by atoms with E-state index in [2.05, 4.69) is 5.32 Å². The molecule has 2 N–H and O–H groups in total. The number of hydrogen-bond acceptors (Lipinski definition) is 3. The topological polar surface area (TPSA) is 49.3 Å². The van der Waals surface area contributed by atoms with E-state index in [4.69, 9.17) is 0 Å². The maximum atomic E-state index is 10.8. The molecule has 0 unspecified atom stereocenters. The summed E-state index contributed by atoms with van der Waals surface area (Å²) in [6.45, 7) is 2.92. The number of benzene rings is 1. The van der Waals surface area contributed by atoms with Crippen LogP contribution in [0.25, 0.3) is 0 Å². The van der Waals surface area contributed by atoms with Crippen molar-refractivity contribution < 1.29 is 9.90 Å². The zero-order valence-electron chi connectivity index (χ0n) is 8.79. The van der Waals surface area contributed by atoms with E-state index >= 15 is 0 Å². The summed E-state index contributed by atoms with van der Waals surface area (Å²) in [4.78, 5) is 10.8. The van der Waals surface area contributed by atoms with Gasteiger partial charge in [-0.25, -0.2) is 0 Å². The van der Waals surface area contributed by atoms with Crippen molar-refractivity contribution in [1.29, 1.82) is 0 Å². The van der Waals surface area contributed by atoms with E-state index in [1.54, 1.807) is 6.07 Å². The Morgan fingerprint density at radius 1 is 1.53 bits per heavy atom. The second-order valence-corrected chi connectivity index (χ2v) is 4.06. The van der Waals surface area contributed by atoms with Gasteiger partial charge in [0.1, 0.15) is 5.75 Å². The first-order valence-corrected chi connectivity index (χ1v) is 5.24. The normalized spacial score (nSPS) is 20.5. The average molecular weight is 205 g/mol. The van der Waals surface area contributed by atoms with Crippen molar-refractivity contribution >= 4 is 6.29 Å². The number of phenols is 1. The van der Waals surface area contributed by atoms with Crippen LogP contribution in [0.4, 0.5) is 0 Å². The first-order chi connectivity index (χ1) is 7.22. The van der Waals surface area contributed by atoms with E-state index in [1.807, 2.05) is 13.0 Å². The summed E-state index contributed by atoms with van der Waals surface area (Å²) in [6.07, 6.45) is 2.85. The van der Waals surface area contributed by atoms with Gasteiger partial charge in [-0.05, 0) is 37.9 Å². The van der Waals surface area contributed by atoms with Crippen molar-refractivity contribution in [3.63, 3.8) is 0 Å².